The van der Waals surface area contributed by atoms with Gasteiger partial charge in [0.1, 0.15) is 0 Å². The second-order valence-electron chi connectivity index (χ2n) is 6.79. The van der Waals surface area contributed by atoms with Crippen molar-refractivity contribution < 1.29 is 4.79 Å². The molecule has 0 bridgehead atoms. The van der Waals surface area contributed by atoms with Crippen molar-refractivity contribution in [2.75, 3.05) is 0 Å². The first-order chi connectivity index (χ1) is 10.3. The minimum atomic E-state index is 0.114. The number of benzene rings is 1. The van der Waals surface area contributed by atoms with E-state index in [1.807, 2.05) is 30.3 Å². The summed E-state index contributed by atoms with van der Waals surface area (Å²) in [7, 11) is 0. The second kappa shape index (κ2) is 7.11. The minimum Gasteiger partial charge on any atom is -0.349 e. The van der Waals surface area contributed by atoms with Crippen molar-refractivity contribution in [3.63, 3.8) is 0 Å². The first-order valence-electron chi connectivity index (χ1n) is 8.70. The molecule has 2 aliphatic carbocycles. The fraction of sp³-hybridized carbons (Fsp3) is 0.632. The maximum atomic E-state index is 12.4. The molecule has 1 aromatic rings. The Morgan fingerprint density at radius 1 is 0.857 bits per heavy atom. The molecule has 1 aromatic carbocycles. The highest BCUT2D eigenvalue weighted by molar-refractivity contribution is 5.94. The quantitative estimate of drug-likeness (QED) is 0.867. The van der Waals surface area contributed by atoms with Crippen LogP contribution in [0.15, 0.2) is 30.3 Å². The van der Waals surface area contributed by atoms with Gasteiger partial charge in [-0.05, 0) is 36.8 Å². The maximum Gasteiger partial charge on any atom is 0.251 e. The Labute approximate surface area is 128 Å². The van der Waals surface area contributed by atoms with Crippen molar-refractivity contribution >= 4 is 5.91 Å². The smallest absolute Gasteiger partial charge is 0.251 e. The van der Waals surface area contributed by atoms with Crippen LogP contribution in [0.3, 0.4) is 0 Å². The van der Waals surface area contributed by atoms with E-state index >= 15 is 0 Å². The van der Waals surface area contributed by atoms with Gasteiger partial charge in [-0.15, -0.1) is 0 Å². The van der Waals surface area contributed by atoms with Gasteiger partial charge < -0.3 is 5.32 Å². The summed E-state index contributed by atoms with van der Waals surface area (Å²) in [4.78, 5) is 12.4. The number of hydrogen-bond donors (Lipinski definition) is 1. The van der Waals surface area contributed by atoms with Crippen molar-refractivity contribution in [3.8, 4) is 0 Å². The molecule has 2 saturated carbocycles. The molecular weight excluding hydrogens is 258 g/mol. The van der Waals surface area contributed by atoms with E-state index in [4.69, 9.17) is 0 Å². The van der Waals surface area contributed by atoms with Crippen LogP contribution in [0.25, 0.3) is 0 Å². The Bertz CT molecular complexity index is 450. The number of amides is 1. The summed E-state index contributed by atoms with van der Waals surface area (Å²) >= 11 is 0. The topological polar surface area (TPSA) is 29.1 Å². The van der Waals surface area contributed by atoms with Crippen LogP contribution in [-0.4, -0.2) is 11.9 Å². The van der Waals surface area contributed by atoms with Gasteiger partial charge >= 0.3 is 0 Å². The highest BCUT2D eigenvalue weighted by Gasteiger charge is 2.33. The van der Waals surface area contributed by atoms with E-state index in [9.17, 15) is 4.79 Å². The van der Waals surface area contributed by atoms with Crippen LogP contribution in [0, 0.1) is 11.8 Å². The summed E-state index contributed by atoms with van der Waals surface area (Å²) in [5, 5.41) is 3.34. The lowest BCUT2D eigenvalue weighted by atomic mass is 9.71. The second-order valence-corrected chi connectivity index (χ2v) is 6.79. The largest absolute Gasteiger partial charge is 0.349 e. The normalized spacial score (nSPS) is 27.2. The maximum absolute atomic E-state index is 12.4. The minimum absolute atomic E-state index is 0.114. The summed E-state index contributed by atoms with van der Waals surface area (Å²) < 4.78 is 0. The molecule has 2 nitrogen and oxygen atoms in total. The van der Waals surface area contributed by atoms with Crippen molar-refractivity contribution in [1.29, 1.82) is 0 Å². The SMILES string of the molecule is O=C(NC1CCCCC1C1CCCCC1)c1ccccc1. The fourth-order valence-electron chi connectivity index (χ4n) is 4.31. The van der Waals surface area contributed by atoms with E-state index in [-0.39, 0.29) is 5.91 Å². The van der Waals surface area contributed by atoms with Crippen LogP contribution in [0.1, 0.15) is 68.1 Å². The zero-order valence-corrected chi connectivity index (χ0v) is 12.9. The molecule has 2 atom stereocenters. The lowest BCUT2D eigenvalue weighted by Gasteiger charge is -2.39. The Morgan fingerprint density at radius 3 is 2.29 bits per heavy atom. The van der Waals surface area contributed by atoms with Gasteiger partial charge in [0, 0.05) is 11.6 Å². The van der Waals surface area contributed by atoms with E-state index in [0.29, 0.717) is 12.0 Å². The molecule has 2 fully saturated rings. The monoisotopic (exact) mass is 285 g/mol. The summed E-state index contributed by atoms with van der Waals surface area (Å²) in [6.07, 6.45) is 12.0. The molecule has 114 valence electrons. The first-order valence-corrected chi connectivity index (χ1v) is 8.70. The molecule has 0 heterocycles. The van der Waals surface area contributed by atoms with Crippen LogP contribution >= 0.6 is 0 Å². The van der Waals surface area contributed by atoms with Gasteiger partial charge in [0.2, 0.25) is 0 Å². The summed E-state index contributed by atoms with van der Waals surface area (Å²) in [5.74, 6) is 1.68. The first kappa shape index (κ1) is 14.6. The average Bonchev–Trinajstić information content (AvgIpc) is 2.57. The van der Waals surface area contributed by atoms with Gasteiger partial charge in [-0.25, -0.2) is 0 Å². The van der Waals surface area contributed by atoms with E-state index in [2.05, 4.69) is 5.32 Å². The van der Waals surface area contributed by atoms with Crippen molar-refractivity contribution in [3.05, 3.63) is 35.9 Å². The lowest BCUT2D eigenvalue weighted by Crippen LogP contribution is -2.45. The molecule has 0 aromatic heterocycles. The average molecular weight is 285 g/mol. The molecule has 0 aliphatic heterocycles. The van der Waals surface area contributed by atoms with Crippen LogP contribution in [0.5, 0.6) is 0 Å². The molecule has 1 amide bonds. The van der Waals surface area contributed by atoms with Gasteiger partial charge in [0.05, 0.1) is 0 Å². The Hall–Kier alpha value is -1.31. The molecule has 0 spiro atoms. The molecule has 2 aliphatic rings. The van der Waals surface area contributed by atoms with E-state index < -0.39 is 0 Å². The molecule has 2 heteroatoms. The summed E-state index contributed by atoms with van der Waals surface area (Å²) in [6, 6.07) is 10.1. The molecule has 1 N–H and O–H groups in total. The number of nitrogens with one attached hydrogen (secondary N) is 1. The highest BCUT2D eigenvalue weighted by Crippen LogP contribution is 2.38. The van der Waals surface area contributed by atoms with Gasteiger partial charge in [0.15, 0.2) is 0 Å². The predicted molar refractivity (Wildman–Crippen MR) is 86.2 cm³/mol. The molecule has 0 saturated heterocycles. The van der Waals surface area contributed by atoms with Crippen LogP contribution in [0.4, 0.5) is 0 Å². The standard InChI is InChI=1S/C19H27NO/c21-19(16-11-5-2-6-12-16)20-18-14-8-7-13-17(18)15-9-3-1-4-10-15/h2,5-6,11-12,15,17-18H,1,3-4,7-10,13-14H2,(H,20,21). The zero-order chi connectivity index (χ0) is 14.5. The van der Waals surface area contributed by atoms with E-state index in [1.165, 1.54) is 57.8 Å². The predicted octanol–water partition coefficient (Wildman–Crippen LogP) is 4.56. The number of carbonyl (C=O) groups is 1. The van der Waals surface area contributed by atoms with Gasteiger partial charge in [-0.3, -0.25) is 4.79 Å². The van der Waals surface area contributed by atoms with Gasteiger partial charge in [0.25, 0.3) is 5.91 Å². The third-order valence-corrected chi connectivity index (χ3v) is 5.43. The molecule has 0 radical (unpaired) electrons. The third-order valence-electron chi connectivity index (χ3n) is 5.43. The molecule has 2 unspecified atom stereocenters. The highest BCUT2D eigenvalue weighted by atomic mass is 16.1. The van der Waals surface area contributed by atoms with Gasteiger partial charge in [-0.2, -0.15) is 0 Å². The van der Waals surface area contributed by atoms with Crippen LogP contribution in [-0.2, 0) is 0 Å². The van der Waals surface area contributed by atoms with E-state index in [0.717, 1.165) is 11.5 Å². The van der Waals surface area contributed by atoms with Crippen molar-refractivity contribution in [2.24, 2.45) is 11.8 Å². The Balaban J connectivity index is 1.65. The van der Waals surface area contributed by atoms with Crippen molar-refractivity contribution in [1.82, 2.24) is 5.32 Å². The van der Waals surface area contributed by atoms with E-state index in [1.54, 1.807) is 0 Å². The van der Waals surface area contributed by atoms with Gasteiger partial charge in [-0.1, -0.05) is 63.1 Å². The lowest BCUT2D eigenvalue weighted by molar-refractivity contribution is 0.0859. The molecular formula is C19H27NO. The zero-order valence-electron chi connectivity index (χ0n) is 12.9. The fourth-order valence-corrected chi connectivity index (χ4v) is 4.31. The summed E-state index contributed by atoms with van der Waals surface area (Å²) in [5.41, 5.74) is 0.797. The number of carbonyl (C=O) groups excluding carboxylic acids is 1. The number of rotatable bonds is 3. The summed E-state index contributed by atoms with van der Waals surface area (Å²) in [6.45, 7) is 0. The molecule has 3 rings (SSSR count). The van der Waals surface area contributed by atoms with Crippen molar-refractivity contribution in [2.45, 2.75) is 63.8 Å². The molecule has 21 heavy (non-hydrogen) atoms. The van der Waals surface area contributed by atoms with Crippen LogP contribution < -0.4 is 5.32 Å². The van der Waals surface area contributed by atoms with Crippen LogP contribution in [0.2, 0.25) is 0 Å². The Kier molecular flexibility index (Phi) is 4.95. The third kappa shape index (κ3) is 3.66. The Morgan fingerprint density at radius 2 is 1.52 bits per heavy atom. The number of hydrogen-bond acceptors (Lipinski definition) is 1.